The SMILES string of the molecule is Cc1ccc(N2C(=O)/C(=C/c3cn(Cc4ccc(F)cc4)c4ccccc34)C(=O)NC2=S)cc1. The molecule has 0 bridgehead atoms. The maximum absolute atomic E-state index is 13.4. The highest BCUT2D eigenvalue weighted by atomic mass is 32.1. The number of fused-ring (bicyclic) bond motifs is 1. The van der Waals surface area contributed by atoms with Crippen molar-refractivity contribution in [2.75, 3.05) is 4.90 Å². The van der Waals surface area contributed by atoms with E-state index in [0.717, 1.165) is 27.6 Å². The smallest absolute Gasteiger partial charge is 0.270 e. The molecule has 1 aliphatic rings. The monoisotopic (exact) mass is 469 g/mol. The zero-order valence-corrected chi connectivity index (χ0v) is 19.1. The summed E-state index contributed by atoms with van der Waals surface area (Å²) in [6, 6.07) is 21.4. The van der Waals surface area contributed by atoms with E-state index in [1.165, 1.54) is 17.0 Å². The number of benzene rings is 3. The molecule has 4 aromatic rings. The molecule has 0 spiro atoms. The summed E-state index contributed by atoms with van der Waals surface area (Å²) in [5.41, 5.74) is 4.24. The van der Waals surface area contributed by atoms with Gasteiger partial charge < -0.3 is 4.57 Å². The Hall–Kier alpha value is -4.10. The minimum atomic E-state index is -0.534. The summed E-state index contributed by atoms with van der Waals surface area (Å²) in [6.45, 7) is 2.47. The minimum Gasteiger partial charge on any atom is -0.342 e. The molecule has 0 radical (unpaired) electrons. The first-order valence-corrected chi connectivity index (χ1v) is 11.1. The molecule has 0 aliphatic carbocycles. The highest BCUT2D eigenvalue weighted by Gasteiger charge is 2.34. The maximum atomic E-state index is 13.4. The lowest BCUT2D eigenvalue weighted by atomic mass is 10.1. The van der Waals surface area contributed by atoms with Gasteiger partial charge in [0.05, 0.1) is 5.69 Å². The van der Waals surface area contributed by atoms with Crippen molar-refractivity contribution in [1.82, 2.24) is 9.88 Å². The molecule has 1 N–H and O–H groups in total. The molecule has 34 heavy (non-hydrogen) atoms. The van der Waals surface area contributed by atoms with E-state index >= 15 is 0 Å². The summed E-state index contributed by atoms with van der Waals surface area (Å²) in [5.74, 6) is -1.30. The number of thiocarbonyl (C=S) groups is 1. The van der Waals surface area contributed by atoms with E-state index in [9.17, 15) is 14.0 Å². The summed E-state index contributed by atoms with van der Waals surface area (Å²) in [5, 5.41) is 3.58. The molecule has 0 atom stereocenters. The van der Waals surface area contributed by atoms with Crippen LogP contribution in [0.4, 0.5) is 10.1 Å². The molecule has 5 rings (SSSR count). The molecular formula is C27H20FN3O2S. The van der Waals surface area contributed by atoms with Crippen LogP contribution in [0.1, 0.15) is 16.7 Å². The molecule has 0 saturated carbocycles. The average molecular weight is 470 g/mol. The molecule has 5 nitrogen and oxygen atoms in total. The number of rotatable bonds is 4. The van der Waals surface area contributed by atoms with Crippen molar-refractivity contribution in [3.05, 3.63) is 107 Å². The Morgan fingerprint density at radius 1 is 0.971 bits per heavy atom. The fourth-order valence-electron chi connectivity index (χ4n) is 4.05. The molecule has 0 unspecified atom stereocenters. The molecular weight excluding hydrogens is 449 g/mol. The number of nitrogens with one attached hydrogen (secondary N) is 1. The Balaban J connectivity index is 1.56. The van der Waals surface area contributed by atoms with Gasteiger partial charge in [-0.15, -0.1) is 0 Å². The second kappa shape index (κ2) is 8.68. The summed E-state index contributed by atoms with van der Waals surface area (Å²) in [6.07, 6.45) is 3.49. The van der Waals surface area contributed by atoms with E-state index in [-0.39, 0.29) is 16.5 Å². The Kier molecular flexibility index (Phi) is 5.55. The Labute approximate surface area is 201 Å². The van der Waals surface area contributed by atoms with Gasteiger partial charge in [-0.3, -0.25) is 19.8 Å². The van der Waals surface area contributed by atoms with Gasteiger partial charge >= 0.3 is 0 Å². The molecule has 3 aromatic carbocycles. The van der Waals surface area contributed by atoms with Crippen molar-refractivity contribution >= 4 is 51.8 Å². The summed E-state index contributed by atoms with van der Waals surface area (Å²) < 4.78 is 15.3. The zero-order chi connectivity index (χ0) is 23.8. The fraction of sp³-hybridized carbons (Fsp3) is 0.0741. The highest BCUT2D eigenvalue weighted by molar-refractivity contribution is 7.80. The summed E-state index contributed by atoms with van der Waals surface area (Å²) in [4.78, 5) is 27.5. The number of carbonyl (C=O) groups excluding carboxylic acids is 2. The van der Waals surface area contributed by atoms with E-state index in [1.807, 2.05) is 54.1 Å². The first-order valence-electron chi connectivity index (χ1n) is 10.7. The summed E-state index contributed by atoms with van der Waals surface area (Å²) >= 11 is 5.29. The second-order valence-electron chi connectivity index (χ2n) is 8.15. The van der Waals surface area contributed by atoms with Gasteiger partial charge in [0.1, 0.15) is 11.4 Å². The number of hydrogen-bond donors (Lipinski definition) is 1. The lowest BCUT2D eigenvalue weighted by Gasteiger charge is -2.29. The number of aryl methyl sites for hydroxylation is 1. The van der Waals surface area contributed by atoms with Gasteiger partial charge in [-0.2, -0.15) is 0 Å². The Morgan fingerprint density at radius 3 is 2.41 bits per heavy atom. The first kappa shape index (κ1) is 21.7. The van der Waals surface area contributed by atoms with E-state index in [4.69, 9.17) is 12.2 Å². The standard InChI is InChI=1S/C27H20FN3O2S/c1-17-6-12-21(13-7-17)31-26(33)23(25(32)29-27(31)34)14-19-16-30(24-5-3-2-4-22(19)24)15-18-8-10-20(28)11-9-18/h2-14,16H,15H2,1H3,(H,29,32,34)/b23-14+. The third-order valence-corrected chi connectivity index (χ3v) is 6.06. The van der Waals surface area contributed by atoms with E-state index in [0.29, 0.717) is 12.2 Å². The van der Waals surface area contributed by atoms with Gasteiger partial charge in [-0.25, -0.2) is 4.39 Å². The van der Waals surface area contributed by atoms with Gasteiger partial charge in [0.2, 0.25) is 0 Å². The van der Waals surface area contributed by atoms with Gasteiger partial charge in [0.25, 0.3) is 11.8 Å². The van der Waals surface area contributed by atoms with Crippen LogP contribution >= 0.6 is 12.2 Å². The van der Waals surface area contributed by atoms with Crippen LogP contribution in [0.15, 0.2) is 84.6 Å². The molecule has 1 aromatic heterocycles. The first-order chi connectivity index (χ1) is 16.4. The van der Waals surface area contributed by atoms with Crippen molar-refractivity contribution in [1.29, 1.82) is 0 Å². The molecule has 2 heterocycles. The predicted molar refractivity (Wildman–Crippen MR) is 135 cm³/mol. The average Bonchev–Trinajstić information content (AvgIpc) is 3.16. The van der Waals surface area contributed by atoms with Gasteiger partial charge in [0, 0.05) is 29.2 Å². The van der Waals surface area contributed by atoms with Gasteiger partial charge in [0.15, 0.2) is 5.11 Å². The number of anilines is 1. The highest BCUT2D eigenvalue weighted by Crippen LogP contribution is 2.27. The van der Waals surface area contributed by atoms with Crippen molar-refractivity contribution in [2.45, 2.75) is 13.5 Å². The number of aromatic nitrogens is 1. The largest absolute Gasteiger partial charge is 0.342 e. The third-order valence-electron chi connectivity index (χ3n) is 5.78. The number of amides is 2. The van der Waals surface area contributed by atoms with Crippen molar-refractivity contribution in [3.8, 4) is 0 Å². The van der Waals surface area contributed by atoms with Crippen LogP contribution in [-0.4, -0.2) is 21.5 Å². The molecule has 168 valence electrons. The van der Waals surface area contributed by atoms with E-state index in [2.05, 4.69) is 5.32 Å². The van der Waals surface area contributed by atoms with Crippen molar-refractivity contribution < 1.29 is 14.0 Å². The lowest BCUT2D eigenvalue weighted by Crippen LogP contribution is -2.54. The van der Waals surface area contributed by atoms with Crippen molar-refractivity contribution in [2.24, 2.45) is 0 Å². The minimum absolute atomic E-state index is 0.00106. The normalized spacial score (nSPS) is 15.3. The van der Waals surface area contributed by atoms with E-state index in [1.54, 1.807) is 30.3 Å². The lowest BCUT2D eigenvalue weighted by molar-refractivity contribution is -0.122. The van der Waals surface area contributed by atoms with Crippen LogP contribution in [0.5, 0.6) is 0 Å². The third kappa shape index (κ3) is 4.02. The molecule has 7 heteroatoms. The number of halogens is 1. The number of para-hydroxylation sites is 1. The Morgan fingerprint density at radius 2 is 1.68 bits per heavy atom. The van der Waals surface area contributed by atoms with Crippen LogP contribution in [0.25, 0.3) is 17.0 Å². The number of carbonyl (C=O) groups is 2. The fourth-order valence-corrected chi connectivity index (χ4v) is 4.33. The molecule has 1 fully saturated rings. The second-order valence-corrected chi connectivity index (χ2v) is 8.54. The van der Waals surface area contributed by atoms with Crippen molar-refractivity contribution in [3.63, 3.8) is 0 Å². The zero-order valence-electron chi connectivity index (χ0n) is 18.3. The number of nitrogens with zero attached hydrogens (tertiary/aromatic N) is 2. The van der Waals surface area contributed by atoms with Crippen LogP contribution in [0.3, 0.4) is 0 Å². The number of hydrogen-bond acceptors (Lipinski definition) is 3. The van der Waals surface area contributed by atoms with Crippen LogP contribution < -0.4 is 10.2 Å². The van der Waals surface area contributed by atoms with Crippen LogP contribution in [0.2, 0.25) is 0 Å². The Bertz CT molecular complexity index is 1470. The van der Waals surface area contributed by atoms with Crippen LogP contribution in [-0.2, 0) is 16.1 Å². The molecule has 2 amide bonds. The summed E-state index contributed by atoms with van der Waals surface area (Å²) in [7, 11) is 0. The van der Waals surface area contributed by atoms with Gasteiger partial charge in [-0.1, -0.05) is 48.0 Å². The topological polar surface area (TPSA) is 54.3 Å². The van der Waals surface area contributed by atoms with E-state index < -0.39 is 11.8 Å². The quantitative estimate of drug-likeness (QED) is 0.261. The molecule has 1 saturated heterocycles. The van der Waals surface area contributed by atoms with Gasteiger partial charge in [-0.05, 0) is 61.1 Å². The predicted octanol–water partition coefficient (Wildman–Crippen LogP) is 4.97. The molecule has 1 aliphatic heterocycles. The maximum Gasteiger partial charge on any atom is 0.270 e. The van der Waals surface area contributed by atoms with Crippen LogP contribution in [0, 0.1) is 12.7 Å².